The van der Waals surface area contributed by atoms with Gasteiger partial charge in [-0.1, -0.05) is 31.2 Å². The number of likely N-dealkylation sites (tertiary alicyclic amines) is 1. The minimum absolute atomic E-state index is 0.357. The van der Waals surface area contributed by atoms with Crippen LogP contribution in [0.4, 0.5) is 0 Å². The largest absolute Gasteiger partial charge is 0.327 e. The lowest BCUT2D eigenvalue weighted by atomic mass is 9.88. The van der Waals surface area contributed by atoms with Crippen LogP contribution in [0.5, 0.6) is 0 Å². The van der Waals surface area contributed by atoms with Crippen LogP contribution in [0.2, 0.25) is 0 Å². The first-order chi connectivity index (χ1) is 8.76. The third kappa shape index (κ3) is 2.60. The topological polar surface area (TPSA) is 29.3 Å². The van der Waals surface area contributed by atoms with Crippen molar-refractivity contribution in [3.8, 4) is 0 Å². The molecule has 1 aromatic carbocycles. The van der Waals surface area contributed by atoms with Crippen LogP contribution >= 0.6 is 0 Å². The Morgan fingerprint density at radius 3 is 2.50 bits per heavy atom. The van der Waals surface area contributed by atoms with Crippen LogP contribution in [0.3, 0.4) is 0 Å². The van der Waals surface area contributed by atoms with E-state index in [9.17, 15) is 0 Å². The number of rotatable bonds is 3. The highest BCUT2D eigenvalue weighted by atomic mass is 15.2. The number of piperidine rings is 1. The molecule has 2 atom stereocenters. The summed E-state index contributed by atoms with van der Waals surface area (Å²) in [6.45, 7) is 4.53. The maximum Gasteiger partial charge on any atom is 0.0174 e. The lowest BCUT2D eigenvalue weighted by Crippen LogP contribution is -2.47. The van der Waals surface area contributed by atoms with Crippen molar-refractivity contribution in [3.63, 3.8) is 0 Å². The highest BCUT2D eigenvalue weighted by Gasteiger charge is 2.35. The zero-order valence-corrected chi connectivity index (χ0v) is 11.3. The Hall–Kier alpha value is -0.860. The average Bonchev–Trinajstić information content (AvgIpc) is 3.22. The molecule has 2 aliphatic rings. The molecule has 0 spiro atoms. The molecule has 2 unspecified atom stereocenters. The van der Waals surface area contributed by atoms with Crippen LogP contribution in [-0.2, 0) is 6.42 Å². The molecule has 2 nitrogen and oxygen atoms in total. The summed E-state index contributed by atoms with van der Waals surface area (Å²) >= 11 is 0. The summed E-state index contributed by atoms with van der Waals surface area (Å²) in [5, 5.41) is 0. The second-order valence-electron chi connectivity index (χ2n) is 5.97. The zero-order valence-electron chi connectivity index (χ0n) is 11.3. The molecule has 0 radical (unpaired) electrons. The van der Waals surface area contributed by atoms with Gasteiger partial charge in [0.25, 0.3) is 0 Å². The van der Waals surface area contributed by atoms with Gasteiger partial charge in [-0.25, -0.2) is 0 Å². The average molecular weight is 244 g/mol. The molecule has 2 heteroatoms. The van der Waals surface area contributed by atoms with E-state index in [4.69, 9.17) is 5.73 Å². The second kappa shape index (κ2) is 5.02. The van der Waals surface area contributed by atoms with Gasteiger partial charge in [-0.05, 0) is 42.7 Å². The van der Waals surface area contributed by atoms with E-state index in [1.54, 1.807) is 0 Å². The maximum absolute atomic E-state index is 6.23. The predicted molar refractivity (Wildman–Crippen MR) is 75.7 cm³/mol. The lowest BCUT2D eigenvalue weighted by Gasteiger charge is -2.36. The normalized spacial score (nSPS) is 29.4. The van der Waals surface area contributed by atoms with Crippen molar-refractivity contribution in [2.24, 2.45) is 5.73 Å². The van der Waals surface area contributed by atoms with Gasteiger partial charge >= 0.3 is 0 Å². The number of aryl methyl sites for hydroxylation is 1. The second-order valence-corrected chi connectivity index (χ2v) is 5.97. The molecule has 2 N–H and O–H groups in total. The van der Waals surface area contributed by atoms with Gasteiger partial charge in [0.2, 0.25) is 0 Å². The summed E-state index contributed by atoms with van der Waals surface area (Å²) in [5.74, 6) is 0.639. The summed E-state index contributed by atoms with van der Waals surface area (Å²) < 4.78 is 0. The van der Waals surface area contributed by atoms with Gasteiger partial charge in [0, 0.05) is 25.2 Å². The quantitative estimate of drug-likeness (QED) is 0.885. The van der Waals surface area contributed by atoms with Crippen molar-refractivity contribution in [1.29, 1.82) is 0 Å². The van der Waals surface area contributed by atoms with Crippen molar-refractivity contribution >= 4 is 0 Å². The van der Waals surface area contributed by atoms with E-state index in [-0.39, 0.29) is 0 Å². The molecule has 0 aromatic heterocycles. The summed E-state index contributed by atoms with van der Waals surface area (Å²) in [5.41, 5.74) is 9.14. The fourth-order valence-corrected chi connectivity index (χ4v) is 3.18. The molecule has 1 aliphatic heterocycles. The van der Waals surface area contributed by atoms with Crippen molar-refractivity contribution < 1.29 is 0 Å². The number of hydrogen-bond donors (Lipinski definition) is 1. The molecular formula is C16H24N2. The standard InChI is InChI=1S/C16H24N2/c1-2-12-3-5-13(6-4-12)14-9-15(17)11-18(10-14)16-7-8-16/h3-6,14-16H,2,7-11,17H2,1H3. The van der Waals surface area contributed by atoms with Crippen LogP contribution < -0.4 is 5.73 Å². The smallest absolute Gasteiger partial charge is 0.0174 e. The van der Waals surface area contributed by atoms with E-state index in [0.29, 0.717) is 12.0 Å². The van der Waals surface area contributed by atoms with E-state index in [1.807, 2.05) is 0 Å². The number of hydrogen-bond acceptors (Lipinski definition) is 2. The van der Waals surface area contributed by atoms with Crippen molar-refractivity contribution in [2.75, 3.05) is 13.1 Å². The van der Waals surface area contributed by atoms with Gasteiger partial charge in [-0.3, -0.25) is 4.90 Å². The Morgan fingerprint density at radius 1 is 1.17 bits per heavy atom. The molecule has 1 aliphatic carbocycles. The van der Waals surface area contributed by atoms with E-state index >= 15 is 0 Å². The fraction of sp³-hybridized carbons (Fsp3) is 0.625. The lowest BCUT2D eigenvalue weighted by molar-refractivity contribution is 0.180. The Labute approximate surface area is 110 Å². The third-order valence-electron chi connectivity index (χ3n) is 4.43. The monoisotopic (exact) mass is 244 g/mol. The molecule has 1 heterocycles. The first kappa shape index (κ1) is 12.2. The summed E-state index contributed by atoms with van der Waals surface area (Å²) in [7, 11) is 0. The zero-order chi connectivity index (χ0) is 12.5. The first-order valence-corrected chi connectivity index (χ1v) is 7.34. The molecule has 18 heavy (non-hydrogen) atoms. The van der Waals surface area contributed by atoms with Crippen molar-refractivity contribution in [3.05, 3.63) is 35.4 Å². The number of nitrogens with two attached hydrogens (primary N) is 1. The maximum atomic E-state index is 6.23. The minimum Gasteiger partial charge on any atom is -0.327 e. The molecule has 0 bridgehead atoms. The molecule has 1 aromatic rings. The Balaban J connectivity index is 1.72. The van der Waals surface area contributed by atoms with E-state index in [0.717, 1.165) is 25.4 Å². The fourth-order valence-electron chi connectivity index (χ4n) is 3.18. The van der Waals surface area contributed by atoms with Crippen LogP contribution in [0.1, 0.15) is 43.2 Å². The van der Waals surface area contributed by atoms with E-state index < -0.39 is 0 Å². The number of benzene rings is 1. The van der Waals surface area contributed by atoms with Crippen molar-refractivity contribution in [1.82, 2.24) is 4.90 Å². The summed E-state index contributed by atoms with van der Waals surface area (Å²) in [6, 6.07) is 10.4. The molecule has 3 rings (SSSR count). The molecule has 2 fully saturated rings. The predicted octanol–water partition coefficient (Wildman–Crippen LogP) is 2.53. The third-order valence-corrected chi connectivity index (χ3v) is 4.43. The highest BCUT2D eigenvalue weighted by molar-refractivity contribution is 5.26. The molecule has 0 amide bonds. The molecule has 98 valence electrons. The minimum atomic E-state index is 0.357. The van der Waals surface area contributed by atoms with E-state index in [1.165, 1.54) is 30.5 Å². The highest BCUT2D eigenvalue weighted by Crippen LogP contribution is 2.34. The Bertz CT molecular complexity index is 394. The van der Waals surface area contributed by atoms with Crippen LogP contribution in [0, 0.1) is 0 Å². The van der Waals surface area contributed by atoms with Crippen molar-refractivity contribution in [2.45, 2.75) is 50.6 Å². The van der Waals surface area contributed by atoms with Gasteiger partial charge in [0.05, 0.1) is 0 Å². The number of nitrogens with zero attached hydrogens (tertiary/aromatic N) is 1. The summed E-state index contributed by atoms with van der Waals surface area (Å²) in [6.07, 6.45) is 5.04. The van der Waals surface area contributed by atoms with Crippen LogP contribution in [0.25, 0.3) is 0 Å². The van der Waals surface area contributed by atoms with Crippen LogP contribution in [0.15, 0.2) is 24.3 Å². The Morgan fingerprint density at radius 2 is 1.89 bits per heavy atom. The summed E-state index contributed by atoms with van der Waals surface area (Å²) in [4.78, 5) is 2.62. The Kier molecular flexibility index (Phi) is 3.40. The SMILES string of the molecule is CCc1ccc(C2CC(N)CN(C3CC3)C2)cc1. The van der Waals surface area contributed by atoms with Gasteiger partial charge in [0.15, 0.2) is 0 Å². The van der Waals surface area contributed by atoms with Crippen LogP contribution in [-0.4, -0.2) is 30.1 Å². The van der Waals surface area contributed by atoms with Gasteiger partial charge < -0.3 is 5.73 Å². The molecular weight excluding hydrogens is 220 g/mol. The first-order valence-electron chi connectivity index (χ1n) is 7.34. The van der Waals surface area contributed by atoms with Gasteiger partial charge in [-0.2, -0.15) is 0 Å². The molecule has 1 saturated heterocycles. The van der Waals surface area contributed by atoms with E-state index in [2.05, 4.69) is 36.1 Å². The van der Waals surface area contributed by atoms with Gasteiger partial charge in [0.1, 0.15) is 0 Å². The molecule has 1 saturated carbocycles. The van der Waals surface area contributed by atoms with Gasteiger partial charge in [-0.15, -0.1) is 0 Å².